The molecule has 0 amide bonds. The molecule has 0 atom stereocenters. The Morgan fingerprint density at radius 1 is 1.26 bits per heavy atom. The highest BCUT2D eigenvalue weighted by Gasteiger charge is 2.14. The van der Waals surface area contributed by atoms with Gasteiger partial charge in [-0.1, -0.05) is 0 Å². The van der Waals surface area contributed by atoms with E-state index in [0.29, 0.717) is 22.5 Å². The van der Waals surface area contributed by atoms with Crippen LogP contribution in [0.15, 0.2) is 28.9 Å². The van der Waals surface area contributed by atoms with Crippen molar-refractivity contribution in [1.82, 2.24) is 0 Å². The van der Waals surface area contributed by atoms with Gasteiger partial charge in [-0.05, 0) is 37.6 Å². The fourth-order valence-electron chi connectivity index (χ4n) is 1.80. The van der Waals surface area contributed by atoms with E-state index in [-0.39, 0.29) is 5.56 Å². The number of rotatable bonds is 3. The van der Waals surface area contributed by atoms with E-state index in [1.807, 2.05) is 0 Å². The van der Waals surface area contributed by atoms with E-state index in [2.05, 4.69) is 9.73 Å². The lowest BCUT2D eigenvalue weighted by Crippen LogP contribution is -2.08. The molecule has 1 aromatic rings. The van der Waals surface area contributed by atoms with Crippen LogP contribution in [0, 0.1) is 5.82 Å². The van der Waals surface area contributed by atoms with Gasteiger partial charge >= 0.3 is 5.97 Å². The van der Waals surface area contributed by atoms with Crippen LogP contribution in [-0.4, -0.2) is 25.8 Å². The van der Waals surface area contributed by atoms with Crippen molar-refractivity contribution < 1.29 is 13.9 Å². The Morgan fingerprint density at radius 2 is 1.84 bits per heavy atom. The molecule has 0 bridgehead atoms. The molecule has 0 aliphatic heterocycles. The molecular formula is C14H17FN2O2. The van der Waals surface area contributed by atoms with Gasteiger partial charge < -0.3 is 10.5 Å². The van der Waals surface area contributed by atoms with Crippen LogP contribution >= 0.6 is 0 Å². The van der Waals surface area contributed by atoms with Gasteiger partial charge in [0.1, 0.15) is 5.82 Å². The minimum Gasteiger partial charge on any atom is -0.465 e. The summed E-state index contributed by atoms with van der Waals surface area (Å²) in [6.07, 6.45) is 0. The minimum atomic E-state index is -0.596. The zero-order valence-electron chi connectivity index (χ0n) is 11.5. The van der Waals surface area contributed by atoms with Crippen molar-refractivity contribution >= 4 is 17.3 Å². The minimum absolute atomic E-state index is 0.139. The maximum absolute atomic E-state index is 13.6. The summed E-state index contributed by atoms with van der Waals surface area (Å²) in [7, 11) is 2.87. The van der Waals surface area contributed by atoms with Crippen LogP contribution in [0.3, 0.4) is 0 Å². The molecule has 0 aliphatic rings. The average molecular weight is 264 g/mol. The Bertz CT molecular complexity index is 559. The predicted molar refractivity (Wildman–Crippen MR) is 73.6 cm³/mol. The highest BCUT2D eigenvalue weighted by molar-refractivity contribution is 6.23. The molecule has 0 saturated heterocycles. The summed E-state index contributed by atoms with van der Waals surface area (Å²) in [6.45, 7) is 3.47. The highest BCUT2D eigenvalue weighted by atomic mass is 19.1. The fourth-order valence-corrected chi connectivity index (χ4v) is 1.80. The molecule has 0 heterocycles. The van der Waals surface area contributed by atoms with Crippen LogP contribution in [-0.2, 0) is 4.74 Å². The predicted octanol–water partition coefficient (Wildman–Crippen LogP) is 2.39. The first-order chi connectivity index (χ1) is 8.90. The standard InChI is InChI=1S/C14H17FN2O2/c1-8(16)13(9(2)17-3)10-5-11(14(18)19-4)7-12(15)6-10/h5-7H,16H2,1-4H3. The summed E-state index contributed by atoms with van der Waals surface area (Å²) >= 11 is 0. The number of halogens is 1. The Kier molecular flexibility index (Phi) is 4.80. The normalized spacial score (nSPS) is 13.0. The van der Waals surface area contributed by atoms with Gasteiger partial charge in [-0.15, -0.1) is 0 Å². The van der Waals surface area contributed by atoms with Gasteiger partial charge in [0.2, 0.25) is 0 Å². The van der Waals surface area contributed by atoms with Crippen LogP contribution in [0.2, 0.25) is 0 Å². The number of esters is 1. The maximum atomic E-state index is 13.6. The van der Waals surface area contributed by atoms with Crippen molar-refractivity contribution in [2.24, 2.45) is 10.7 Å². The lowest BCUT2D eigenvalue weighted by Gasteiger charge is -2.11. The number of hydrogen-bond donors (Lipinski definition) is 1. The molecule has 0 aromatic heterocycles. The Hall–Kier alpha value is -2.17. The zero-order valence-corrected chi connectivity index (χ0v) is 11.5. The van der Waals surface area contributed by atoms with Crippen molar-refractivity contribution in [2.75, 3.05) is 14.2 Å². The Balaban J connectivity index is 3.46. The van der Waals surface area contributed by atoms with E-state index >= 15 is 0 Å². The molecule has 2 N–H and O–H groups in total. The third-order valence-electron chi connectivity index (χ3n) is 2.70. The van der Waals surface area contributed by atoms with Gasteiger partial charge in [0.25, 0.3) is 0 Å². The maximum Gasteiger partial charge on any atom is 0.337 e. The summed E-state index contributed by atoms with van der Waals surface area (Å²) in [4.78, 5) is 15.5. The molecule has 0 aliphatic carbocycles. The second-order valence-corrected chi connectivity index (χ2v) is 4.09. The SMILES string of the molecule is CN=C(C)C(=C(C)N)c1cc(F)cc(C(=O)OC)c1. The number of nitrogens with two attached hydrogens (primary N) is 1. The molecular weight excluding hydrogens is 247 g/mol. The lowest BCUT2D eigenvalue weighted by atomic mass is 9.98. The van der Waals surface area contributed by atoms with Gasteiger partial charge in [-0.25, -0.2) is 9.18 Å². The molecule has 0 spiro atoms. The average Bonchev–Trinajstić information content (AvgIpc) is 2.36. The summed E-state index contributed by atoms with van der Waals surface area (Å²) in [5.41, 5.74) is 8.25. The molecule has 19 heavy (non-hydrogen) atoms. The lowest BCUT2D eigenvalue weighted by molar-refractivity contribution is 0.0600. The third-order valence-corrected chi connectivity index (χ3v) is 2.70. The number of benzene rings is 1. The smallest absolute Gasteiger partial charge is 0.337 e. The summed E-state index contributed by atoms with van der Waals surface area (Å²) in [5.74, 6) is -1.12. The number of methoxy groups -OCH3 is 1. The van der Waals surface area contributed by atoms with Crippen LogP contribution in [0.5, 0.6) is 0 Å². The first-order valence-electron chi connectivity index (χ1n) is 5.70. The quantitative estimate of drug-likeness (QED) is 0.673. The molecule has 102 valence electrons. The molecule has 0 fully saturated rings. The van der Waals surface area contributed by atoms with E-state index in [0.717, 1.165) is 6.07 Å². The van der Waals surface area contributed by atoms with Crippen molar-refractivity contribution in [3.63, 3.8) is 0 Å². The first-order valence-corrected chi connectivity index (χ1v) is 5.70. The number of aliphatic imine (C=N–C) groups is 1. The van der Waals surface area contributed by atoms with Crippen molar-refractivity contribution in [1.29, 1.82) is 0 Å². The van der Waals surface area contributed by atoms with E-state index in [1.165, 1.54) is 19.2 Å². The first kappa shape index (κ1) is 14.9. The second kappa shape index (κ2) is 6.13. The Labute approximate surface area is 111 Å². The number of ether oxygens (including phenoxy) is 1. The highest BCUT2D eigenvalue weighted by Crippen LogP contribution is 2.22. The van der Waals surface area contributed by atoms with Gasteiger partial charge in [0.05, 0.1) is 12.7 Å². The van der Waals surface area contributed by atoms with Crippen molar-refractivity contribution in [2.45, 2.75) is 13.8 Å². The number of hydrogen-bond acceptors (Lipinski definition) is 4. The van der Waals surface area contributed by atoms with Gasteiger partial charge in [-0.2, -0.15) is 0 Å². The number of nitrogens with zero attached hydrogens (tertiary/aromatic N) is 1. The Morgan fingerprint density at radius 3 is 2.32 bits per heavy atom. The molecule has 4 nitrogen and oxygen atoms in total. The van der Waals surface area contributed by atoms with E-state index < -0.39 is 11.8 Å². The summed E-state index contributed by atoms with van der Waals surface area (Å²) in [6, 6.07) is 3.97. The molecule has 1 rings (SSSR count). The van der Waals surface area contributed by atoms with E-state index in [9.17, 15) is 9.18 Å². The zero-order chi connectivity index (χ0) is 14.6. The fraction of sp³-hybridized carbons (Fsp3) is 0.286. The number of carbonyl (C=O) groups excluding carboxylic acids is 1. The molecule has 0 saturated carbocycles. The summed E-state index contributed by atoms with van der Waals surface area (Å²) in [5, 5.41) is 0. The van der Waals surface area contributed by atoms with Crippen molar-refractivity contribution in [3.05, 3.63) is 40.8 Å². The van der Waals surface area contributed by atoms with E-state index in [1.54, 1.807) is 20.9 Å². The van der Waals surface area contributed by atoms with Gasteiger partial charge in [0, 0.05) is 24.0 Å². The van der Waals surface area contributed by atoms with Crippen LogP contribution in [0.4, 0.5) is 4.39 Å². The largest absolute Gasteiger partial charge is 0.465 e. The van der Waals surface area contributed by atoms with Gasteiger partial charge in [-0.3, -0.25) is 4.99 Å². The summed E-state index contributed by atoms with van der Waals surface area (Å²) < 4.78 is 18.2. The number of allylic oxidation sites excluding steroid dienone is 2. The number of carbonyl (C=O) groups is 1. The van der Waals surface area contributed by atoms with Crippen LogP contribution < -0.4 is 5.73 Å². The monoisotopic (exact) mass is 264 g/mol. The van der Waals surface area contributed by atoms with Gasteiger partial charge in [0.15, 0.2) is 0 Å². The van der Waals surface area contributed by atoms with Crippen LogP contribution in [0.25, 0.3) is 5.57 Å². The topological polar surface area (TPSA) is 64.7 Å². The molecule has 1 aromatic carbocycles. The molecule has 0 radical (unpaired) electrons. The second-order valence-electron chi connectivity index (χ2n) is 4.09. The van der Waals surface area contributed by atoms with Crippen LogP contribution in [0.1, 0.15) is 29.8 Å². The molecule has 5 heteroatoms. The third kappa shape index (κ3) is 3.40. The molecule has 0 unspecified atom stereocenters. The van der Waals surface area contributed by atoms with E-state index in [4.69, 9.17) is 5.73 Å². The van der Waals surface area contributed by atoms with Crippen molar-refractivity contribution in [3.8, 4) is 0 Å².